The largest absolute Gasteiger partial charge is 0.477 e. The molecule has 0 saturated heterocycles. The lowest BCUT2D eigenvalue weighted by atomic mass is 10.2. The number of carboxylic acid groups (broad SMARTS) is 1. The summed E-state index contributed by atoms with van der Waals surface area (Å²) in [6.07, 6.45) is 2.49. The van der Waals surface area contributed by atoms with Crippen molar-refractivity contribution in [3.05, 3.63) is 47.9 Å². The van der Waals surface area contributed by atoms with E-state index in [4.69, 9.17) is 10.4 Å². The van der Waals surface area contributed by atoms with Crippen molar-refractivity contribution in [2.24, 2.45) is 0 Å². The first-order chi connectivity index (χ1) is 8.70. The lowest BCUT2D eigenvalue weighted by molar-refractivity contribution is 0.0697. The van der Waals surface area contributed by atoms with Crippen LogP contribution in [0.1, 0.15) is 15.9 Å². The maximum atomic E-state index is 10.9. The summed E-state index contributed by atoms with van der Waals surface area (Å²) < 4.78 is 0. The predicted molar refractivity (Wildman–Crippen MR) is 63.4 cm³/mol. The average Bonchev–Trinajstić information content (AvgIpc) is 2.40. The Balaban J connectivity index is 2.28. The van der Waals surface area contributed by atoms with Gasteiger partial charge in [-0.1, -0.05) is 0 Å². The van der Waals surface area contributed by atoms with Crippen LogP contribution in [0, 0.1) is 11.3 Å². The monoisotopic (exact) mass is 240 g/mol. The third kappa shape index (κ3) is 2.41. The molecule has 6 nitrogen and oxygen atoms in total. The molecule has 2 rings (SSSR count). The number of carbonyl (C=O) groups is 1. The fourth-order valence-corrected chi connectivity index (χ4v) is 1.35. The van der Waals surface area contributed by atoms with Crippen molar-refractivity contribution < 1.29 is 9.90 Å². The van der Waals surface area contributed by atoms with Gasteiger partial charge in [-0.2, -0.15) is 5.26 Å². The highest BCUT2D eigenvalue weighted by Crippen LogP contribution is 2.17. The highest BCUT2D eigenvalue weighted by Gasteiger charge is 2.11. The summed E-state index contributed by atoms with van der Waals surface area (Å²) in [7, 11) is 0. The van der Waals surface area contributed by atoms with Crippen LogP contribution in [-0.2, 0) is 0 Å². The van der Waals surface area contributed by atoms with Gasteiger partial charge in [0.05, 0.1) is 11.6 Å². The highest BCUT2D eigenvalue weighted by molar-refractivity contribution is 5.93. The molecule has 0 radical (unpaired) electrons. The first-order valence-corrected chi connectivity index (χ1v) is 5.01. The number of aromatic nitrogens is 2. The zero-order chi connectivity index (χ0) is 13.0. The lowest BCUT2D eigenvalue weighted by Crippen LogP contribution is -2.05. The molecule has 0 spiro atoms. The van der Waals surface area contributed by atoms with E-state index in [0.29, 0.717) is 11.3 Å². The molecule has 0 saturated carbocycles. The quantitative estimate of drug-likeness (QED) is 0.848. The molecule has 0 unspecified atom stereocenters. The first-order valence-electron chi connectivity index (χ1n) is 5.01. The van der Waals surface area contributed by atoms with Crippen LogP contribution in [0.15, 0.2) is 36.8 Å². The van der Waals surface area contributed by atoms with Gasteiger partial charge in [0.2, 0.25) is 0 Å². The fraction of sp³-hybridized carbons (Fsp3) is 0. The van der Waals surface area contributed by atoms with Gasteiger partial charge in [-0.05, 0) is 24.3 Å². The number of nitriles is 1. The Bertz CT molecular complexity index is 617. The molecule has 0 aliphatic rings. The Morgan fingerprint density at radius 1 is 1.33 bits per heavy atom. The van der Waals surface area contributed by atoms with Gasteiger partial charge >= 0.3 is 5.97 Å². The molecule has 88 valence electrons. The van der Waals surface area contributed by atoms with Crippen molar-refractivity contribution in [3.8, 4) is 6.07 Å². The van der Waals surface area contributed by atoms with E-state index >= 15 is 0 Å². The number of anilines is 2. The van der Waals surface area contributed by atoms with E-state index in [0.717, 1.165) is 0 Å². The van der Waals surface area contributed by atoms with Crippen LogP contribution < -0.4 is 5.32 Å². The Hall–Kier alpha value is -2.94. The standard InChI is InChI=1S/C12H8N4O2/c13-5-8-1-3-9(4-2-8)16-11-10(12(17)18)6-14-7-15-11/h1-4,6-7H,(H,17,18)(H,14,15,16). The molecule has 1 aromatic carbocycles. The lowest BCUT2D eigenvalue weighted by Gasteiger charge is -2.07. The van der Waals surface area contributed by atoms with Gasteiger partial charge in [-0.15, -0.1) is 0 Å². The first kappa shape index (κ1) is 11.5. The second-order valence-corrected chi connectivity index (χ2v) is 3.40. The zero-order valence-corrected chi connectivity index (χ0v) is 9.16. The average molecular weight is 240 g/mol. The molecule has 2 N–H and O–H groups in total. The number of benzene rings is 1. The van der Waals surface area contributed by atoms with E-state index in [1.807, 2.05) is 6.07 Å². The van der Waals surface area contributed by atoms with Gasteiger partial charge in [0, 0.05) is 11.9 Å². The summed E-state index contributed by atoms with van der Waals surface area (Å²) in [5.41, 5.74) is 1.17. The Morgan fingerprint density at radius 2 is 2.06 bits per heavy atom. The van der Waals surface area contributed by atoms with Gasteiger partial charge in [0.25, 0.3) is 0 Å². The number of carboxylic acids is 1. The summed E-state index contributed by atoms with van der Waals surface area (Å²) >= 11 is 0. The Labute approximate surface area is 103 Å². The zero-order valence-electron chi connectivity index (χ0n) is 9.16. The number of hydrogen-bond acceptors (Lipinski definition) is 5. The van der Waals surface area contributed by atoms with Crippen LogP contribution in [0.5, 0.6) is 0 Å². The maximum absolute atomic E-state index is 10.9. The van der Waals surface area contributed by atoms with Gasteiger partial charge in [0.15, 0.2) is 0 Å². The van der Waals surface area contributed by atoms with Gasteiger partial charge in [-0.25, -0.2) is 14.8 Å². The molecule has 0 bridgehead atoms. The Kier molecular flexibility index (Phi) is 3.16. The number of hydrogen-bond donors (Lipinski definition) is 2. The molecule has 1 heterocycles. The van der Waals surface area contributed by atoms with Crippen molar-refractivity contribution in [3.63, 3.8) is 0 Å². The number of nitrogens with zero attached hydrogens (tertiary/aromatic N) is 3. The predicted octanol–water partition coefficient (Wildman–Crippen LogP) is 1.79. The summed E-state index contributed by atoms with van der Waals surface area (Å²) in [4.78, 5) is 18.5. The SMILES string of the molecule is N#Cc1ccc(Nc2ncncc2C(=O)O)cc1. The van der Waals surface area contributed by atoms with E-state index < -0.39 is 5.97 Å². The van der Waals surface area contributed by atoms with Gasteiger partial charge in [-0.3, -0.25) is 0 Å². The fourth-order valence-electron chi connectivity index (χ4n) is 1.35. The highest BCUT2D eigenvalue weighted by atomic mass is 16.4. The topological polar surface area (TPSA) is 98.9 Å². The Morgan fingerprint density at radius 3 is 2.67 bits per heavy atom. The van der Waals surface area contributed by atoms with E-state index in [2.05, 4.69) is 15.3 Å². The van der Waals surface area contributed by atoms with Crippen LogP contribution in [0.25, 0.3) is 0 Å². The summed E-state index contributed by atoms with van der Waals surface area (Å²) in [6, 6.07) is 8.60. The van der Waals surface area contributed by atoms with Crippen molar-refractivity contribution in [2.75, 3.05) is 5.32 Å². The third-order valence-corrected chi connectivity index (χ3v) is 2.22. The van der Waals surface area contributed by atoms with Crippen LogP contribution in [0.3, 0.4) is 0 Å². The molecule has 0 fully saturated rings. The molecular weight excluding hydrogens is 232 g/mol. The second kappa shape index (κ2) is 4.93. The van der Waals surface area contributed by atoms with E-state index in [-0.39, 0.29) is 11.4 Å². The van der Waals surface area contributed by atoms with Crippen molar-refractivity contribution >= 4 is 17.5 Å². The van der Waals surface area contributed by atoms with Crippen molar-refractivity contribution in [1.82, 2.24) is 9.97 Å². The number of nitrogens with one attached hydrogen (secondary N) is 1. The van der Waals surface area contributed by atoms with E-state index in [1.165, 1.54) is 12.5 Å². The van der Waals surface area contributed by atoms with Crippen molar-refractivity contribution in [2.45, 2.75) is 0 Å². The molecule has 0 amide bonds. The molecule has 0 aliphatic carbocycles. The van der Waals surface area contributed by atoms with Gasteiger partial charge in [0.1, 0.15) is 17.7 Å². The van der Waals surface area contributed by atoms with E-state index in [1.54, 1.807) is 24.3 Å². The molecule has 1 aromatic heterocycles. The summed E-state index contributed by atoms with van der Waals surface area (Å²) in [6.45, 7) is 0. The minimum Gasteiger partial charge on any atom is -0.477 e. The van der Waals surface area contributed by atoms with E-state index in [9.17, 15) is 4.79 Å². The molecule has 0 atom stereocenters. The number of aromatic carboxylic acids is 1. The minimum atomic E-state index is -1.10. The van der Waals surface area contributed by atoms with Crippen LogP contribution in [0.4, 0.5) is 11.5 Å². The molecule has 6 heteroatoms. The smallest absolute Gasteiger partial charge is 0.341 e. The maximum Gasteiger partial charge on any atom is 0.341 e. The number of rotatable bonds is 3. The molecule has 18 heavy (non-hydrogen) atoms. The van der Waals surface area contributed by atoms with Crippen molar-refractivity contribution in [1.29, 1.82) is 5.26 Å². The molecule has 2 aromatic rings. The molecular formula is C12H8N4O2. The minimum absolute atomic E-state index is 0.0122. The van der Waals surface area contributed by atoms with Crippen LogP contribution in [0.2, 0.25) is 0 Å². The second-order valence-electron chi connectivity index (χ2n) is 3.40. The summed E-state index contributed by atoms with van der Waals surface area (Å²) in [5.74, 6) is -0.894. The third-order valence-electron chi connectivity index (χ3n) is 2.22. The normalized spacial score (nSPS) is 9.50. The van der Waals surface area contributed by atoms with Crippen LogP contribution in [-0.4, -0.2) is 21.0 Å². The van der Waals surface area contributed by atoms with Gasteiger partial charge < -0.3 is 10.4 Å². The van der Waals surface area contributed by atoms with Crippen LogP contribution >= 0.6 is 0 Å². The molecule has 0 aliphatic heterocycles. The summed E-state index contributed by atoms with van der Waals surface area (Å²) in [5, 5.41) is 20.5.